The molecule has 0 aliphatic rings. The van der Waals surface area contributed by atoms with Crippen molar-refractivity contribution in [3.05, 3.63) is 48.0 Å². The van der Waals surface area contributed by atoms with Crippen LogP contribution >= 0.6 is 0 Å². The number of methoxy groups -OCH3 is 3. The minimum atomic E-state index is -3.68. The topological polar surface area (TPSA) is 94.2 Å². The zero-order chi connectivity index (χ0) is 22.3. The van der Waals surface area contributed by atoms with Crippen LogP contribution in [-0.4, -0.2) is 48.0 Å². The standard InChI is InChI=1S/C21H28N2O6S/c1-6-17(23(30(5,25)26)16-10-8-7-9-11-16)21(24)22-14-15-12-13-18(27-2)20(29-4)19(15)28-3/h7-13,17H,6,14H2,1-5H3,(H,22,24). The Kier molecular flexibility index (Phi) is 7.93. The fourth-order valence-corrected chi connectivity index (χ4v) is 4.45. The fourth-order valence-electron chi connectivity index (χ4n) is 3.24. The third-order valence-corrected chi connectivity index (χ3v) is 5.76. The van der Waals surface area contributed by atoms with Crippen LogP contribution in [0.5, 0.6) is 17.2 Å². The van der Waals surface area contributed by atoms with Crippen molar-refractivity contribution < 1.29 is 27.4 Å². The number of carbonyl (C=O) groups excluding carboxylic acids is 1. The lowest BCUT2D eigenvalue weighted by molar-refractivity contribution is -0.122. The maximum absolute atomic E-state index is 13.0. The molecule has 9 heteroatoms. The smallest absolute Gasteiger partial charge is 0.244 e. The van der Waals surface area contributed by atoms with Crippen molar-refractivity contribution in [2.24, 2.45) is 0 Å². The summed E-state index contributed by atoms with van der Waals surface area (Å²) in [5.41, 5.74) is 1.11. The molecule has 0 fully saturated rings. The number of hydrogen-bond donors (Lipinski definition) is 1. The van der Waals surface area contributed by atoms with Gasteiger partial charge in [-0.15, -0.1) is 0 Å². The monoisotopic (exact) mass is 436 g/mol. The molecule has 2 rings (SSSR count). The molecule has 2 aromatic rings. The summed E-state index contributed by atoms with van der Waals surface area (Å²) in [6.45, 7) is 1.90. The van der Waals surface area contributed by atoms with E-state index < -0.39 is 22.0 Å². The summed E-state index contributed by atoms with van der Waals surface area (Å²) in [5, 5.41) is 2.81. The summed E-state index contributed by atoms with van der Waals surface area (Å²) < 4.78 is 42.1. The SMILES string of the molecule is CCC(C(=O)NCc1ccc(OC)c(OC)c1OC)N(c1ccccc1)S(C)(=O)=O. The lowest BCUT2D eigenvalue weighted by Gasteiger charge is -2.30. The zero-order valence-electron chi connectivity index (χ0n) is 17.8. The number of benzene rings is 2. The Morgan fingerprint density at radius 2 is 1.63 bits per heavy atom. The van der Waals surface area contributed by atoms with Gasteiger partial charge in [-0.2, -0.15) is 0 Å². The van der Waals surface area contributed by atoms with Crippen LogP contribution in [0.2, 0.25) is 0 Å². The third-order valence-electron chi connectivity index (χ3n) is 4.58. The molecule has 0 bridgehead atoms. The van der Waals surface area contributed by atoms with Crippen LogP contribution in [0.15, 0.2) is 42.5 Å². The maximum Gasteiger partial charge on any atom is 0.244 e. The fraction of sp³-hybridized carbons (Fsp3) is 0.381. The molecule has 1 amide bonds. The molecule has 0 aliphatic carbocycles. The van der Waals surface area contributed by atoms with Gasteiger partial charge in [0.1, 0.15) is 6.04 Å². The second-order valence-electron chi connectivity index (χ2n) is 6.53. The van der Waals surface area contributed by atoms with Gasteiger partial charge in [-0.25, -0.2) is 8.42 Å². The molecule has 0 aromatic heterocycles. The Balaban J connectivity index is 2.29. The molecule has 0 aliphatic heterocycles. The number of ether oxygens (including phenoxy) is 3. The lowest BCUT2D eigenvalue weighted by Crippen LogP contribution is -2.49. The number of nitrogens with one attached hydrogen (secondary N) is 1. The second-order valence-corrected chi connectivity index (χ2v) is 8.39. The summed E-state index contributed by atoms with van der Waals surface area (Å²) >= 11 is 0. The summed E-state index contributed by atoms with van der Waals surface area (Å²) in [7, 11) is 0.841. The highest BCUT2D eigenvalue weighted by Gasteiger charge is 2.31. The van der Waals surface area contributed by atoms with Crippen LogP contribution < -0.4 is 23.8 Å². The molecule has 0 saturated carbocycles. The molecule has 8 nitrogen and oxygen atoms in total. The van der Waals surface area contributed by atoms with Crippen LogP contribution in [-0.2, 0) is 21.4 Å². The summed E-state index contributed by atoms with van der Waals surface area (Å²) in [6.07, 6.45) is 1.39. The molecular weight excluding hydrogens is 408 g/mol. The first kappa shape index (κ1) is 23.3. The molecule has 0 spiro atoms. The predicted octanol–water partition coefficient (Wildman–Crippen LogP) is 2.57. The van der Waals surface area contributed by atoms with Gasteiger partial charge < -0.3 is 19.5 Å². The van der Waals surface area contributed by atoms with E-state index in [0.717, 1.165) is 10.6 Å². The van der Waals surface area contributed by atoms with E-state index >= 15 is 0 Å². The van der Waals surface area contributed by atoms with E-state index in [0.29, 0.717) is 34.9 Å². The van der Waals surface area contributed by atoms with Crippen molar-refractivity contribution in [2.45, 2.75) is 25.9 Å². The highest BCUT2D eigenvalue weighted by atomic mass is 32.2. The average molecular weight is 437 g/mol. The van der Waals surface area contributed by atoms with E-state index in [4.69, 9.17) is 14.2 Å². The number of para-hydroxylation sites is 1. The molecule has 2 aromatic carbocycles. The highest BCUT2D eigenvalue weighted by molar-refractivity contribution is 7.92. The summed E-state index contributed by atoms with van der Waals surface area (Å²) in [4.78, 5) is 13.0. The highest BCUT2D eigenvalue weighted by Crippen LogP contribution is 2.39. The number of sulfonamides is 1. The number of anilines is 1. The molecule has 0 heterocycles. The molecule has 0 radical (unpaired) electrons. The Morgan fingerprint density at radius 3 is 2.13 bits per heavy atom. The van der Waals surface area contributed by atoms with Crippen LogP contribution in [0.4, 0.5) is 5.69 Å². The largest absolute Gasteiger partial charge is 0.493 e. The zero-order valence-corrected chi connectivity index (χ0v) is 18.7. The van der Waals surface area contributed by atoms with Crippen molar-refractivity contribution >= 4 is 21.6 Å². The van der Waals surface area contributed by atoms with Crippen molar-refractivity contribution in [2.75, 3.05) is 31.9 Å². The molecule has 1 N–H and O–H groups in total. The van der Waals surface area contributed by atoms with Crippen LogP contribution in [0, 0.1) is 0 Å². The van der Waals surface area contributed by atoms with Crippen molar-refractivity contribution in [3.63, 3.8) is 0 Å². The predicted molar refractivity (Wildman–Crippen MR) is 116 cm³/mol. The third kappa shape index (κ3) is 5.15. The number of carbonyl (C=O) groups is 1. The van der Waals surface area contributed by atoms with Gasteiger partial charge in [0, 0.05) is 12.1 Å². The lowest BCUT2D eigenvalue weighted by atomic mass is 10.1. The van der Waals surface area contributed by atoms with Gasteiger partial charge in [0.15, 0.2) is 11.5 Å². The molecule has 0 saturated heterocycles. The number of hydrogen-bond acceptors (Lipinski definition) is 6. The number of rotatable bonds is 10. The number of amides is 1. The molecule has 164 valence electrons. The molecule has 1 atom stereocenters. The van der Waals surface area contributed by atoms with E-state index in [2.05, 4.69) is 5.32 Å². The molecular formula is C21H28N2O6S. The van der Waals surface area contributed by atoms with Gasteiger partial charge in [0.05, 0.1) is 33.3 Å². The quantitative estimate of drug-likeness (QED) is 0.615. The Labute approximate surface area is 177 Å². The molecule has 30 heavy (non-hydrogen) atoms. The van der Waals surface area contributed by atoms with Crippen molar-refractivity contribution in [3.8, 4) is 17.2 Å². The minimum absolute atomic E-state index is 0.130. The van der Waals surface area contributed by atoms with Crippen molar-refractivity contribution in [1.82, 2.24) is 5.32 Å². The van der Waals surface area contributed by atoms with E-state index in [1.165, 1.54) is 21.3 Å². The first-order chi connectivity index (χ1) is 14.3. The van der Waals surface area contributed by atoms with E-state index in [1.807, 2.05) is 0 Å². The van der Waals surface area contributed by atoms with Gasteiger partial charge in [0.25, 0.3) is 0 Å². The molecule has 1 unspecified atom stereocenters. The van der Waals surface area contributed by atoms with Crippen LogP contribution in [0.25, 0.3) is 0 Å². The normalized spacial score (nSPS) is 12.0. The van der Waals surface area contributed by atoms with Gasteiger partial charge >= 0.3 is 0 Å². The van der Waals surface area contributed by atoms with E-state index in [-0.39, 0.29) is 6.54 Å². The Bertz CT molecular complexity index is 963. The average Bonchev–Trinajstić information content (AvgIpc) is 2.74. The maximum atomic E-state index is 13.0. The minimum Gasteiger partial charge on any atom is -0.493 e. The van der Waals surface area contributed by atoms with Crippen LogP contribution in [0.1, 0.15) is 18.9 Å². The summed E-state index contributed by atoms with van der Waals surface area (Å²) in [5.74, 6) is 0.945. The first-order valence-corrected chi connectivity index (χ1v) is 11.2. The van der Waals surface area contributed by atoms with Gasteiger partial charge in [-0.3, -0.25) is 9.10 Å². The van der Waals surface area contributed by atoms with Gasteiger partial charge in [0.2, 0.25) is 21.7 Å². The van der Waals surface area contributed by atoms with Crippen molar-refractivity contribution in [1.29, 1.82) is 0 Å². The number of nitrogens with zero attached hydrogens (tertiary/aromatic N) is 1. The first-order valence-electron chi connectivity index (χ1n) is 9.38. The Morgan fingerprint density at radius 1 is 1.00 bits per heavy atom. The van der Waals surface area contributed by atoms with Gasteiger partial charge in [-0.1, -0.05) is 25.1 Å². The van der Waals surface area contributed by atoms with Crippen LogP contribution in [0.3, 0.4) is 0 Å². The summed E-state index contributed by atoms with van der Waals surface area (Å²) in [6, 6.07) is 11.1. The van der Waals surface area contributed by atoms with E-state index in [1.54, 1.807) is 49.4 Å². The van der Waals surface area contributed by atoms with Gasteiger partial charge in [-0.05, 0) is 30.7 Å². The Hall–Kier alpha value is -2.94. The second kappa shape index (κ2) is 10.2. The van der Waals surface area contributed by atoms with E-state index in [9.17, 15) is 13.2 Å².